The molecule has 2 N–H and O–H groups in total. The smallest absolute Gasteiger partial charge is 0.164 e. The maximum atomic E-state index is 6.15. The van der Waals surface area contributed by atoms with Gasteiger partial charge in [0.2, 0.25) is 0 Å². The van der Waals surface area contributed by atoms with Crippen LogP contribution in [0.4, 0.5) is 0 Å². The van der Waals surface area contributed by atoms with Gasteiger partial charge >= 0.3 is 0 Å². The predicted molar refractivity (Wildman–Crippen MR) is 66.7 cm³/mol. The van der Waals surface area contributed by atoms with E-state index in [0.29, 0.717) is 0 Å². The third kappa shape index (κ3) is 2.29. The Labute approximate surface area is 101 Å². The molecule has 0 fully saturated rings. The quantitative estimate of drug-likeness (QED) is 0.876. The van der Waals surface area contributed by atoms with Crippen molar-refractivity contribution in [3.05, 3.63) is 23.4 Å². The molecule has 0 saturated carbocycles. The summed E-state index contributed by atoms with van der Waals surface area (Å²) < 4.78 is 1.95. The van der Waals surface area contributed by atoms with E-state index in [2.05, 4.69) is 22.1 Å². The first-order valence-corrected chi connectivity index (χ1v) is 6.08. The van der Waals surface area contributed by atoms with Gasteiger partial charge in [-0.2, -0.15) is 0 Å². The highest BCUT2D eigenvalue weighted by molar-refractivity contribution is 5.40. The molecular weight excluding hydrogens is 214 g/mol. The number of hydrogen-bond acceptors (Lipinski definition) is 4. The largest absolute Gasteiger partial charge is 0.321 e. The monoisotopic (exact) mass is 233 g/mol. The van der Waals surface area contributed by atoms with Crippen LogP contribution in [-0.2, 0) is 0 Å². The van der Waals surface area contributed by atoms with E-state index in [1.54, 1.807) is 0 Å². The number of nitrogens with zero attached hydrogens (tertiary/aromatic N) is 4. The maximum Gasteiger partial charge on any atom is 0.164 e. The molecule has 0 bridgehead atoms. The maximum absolute atomic E-state index is 6.15. The van der Waals surface area contributed by atoms with Gasteiger partial charge in [0.25, 0.3) is 0 Å². The van der Waals surface area contributed by atoms with E-state index < -0.39 is 0 Å². The number of unbranched alkanes of at least 4 members (excludes halogenated alkanes) is 1. The lowest BCUT2D eigenvalue weighted by atomic mass is 10.1. The average Bonchev–Trinajstić information content (AvgIpc) is 2.69. The van der Waals surface area contributed by atoms with Crippen molar-refractivity contribution in [2.45, 2.75) is 46.1 Å². The van der Waals surface area contributed by atoms with Crippen molar-refractivity contribution in [2.24, 2.45) is 5.73 Å². The van der Waals surface area contributed by atoms with Gasteiger partial charge in [-0.15, -0.1) is 10.2 Å². The summed E-state index contributed by atoms with van der Waals surface area (Å²) in [6.45, 7) is 6.07. The first kappa shape index (κ1) is 12.0. The Hall–Kier alpha value is -1.49. The molecule has 0 spiro atoms. The van der Waals surface area contributed by atoms with Crippen LogP contribution in [0, 0.1) is 13.8 Å². The van der Waals surface area contributed by atoms with E-state index in [1.807, 2.05) is 24.3 Å². The molecule has 2 heterocycles. The van der Waals surface area contributed by atoms with Crippen LogP contribution in [0.1, 0.15) is 49.6 Å². The molecule has 2 aromatic rings. The lowest BCUT2D eigenvalue weighted by molar-refractivity contribution is 0.567. The van der Waals surface area contributed by atoms with Crippen LogP contribution in [0.2, 0.25) is 0 Å². The van der Waals surface area contributed by atoms with Crippen molar-refractivity contribution < 1.29 is 0 Å². The Morgan fingerprint density at radius 1 is 1.35 bits per heavy atom. The van der Waals surface area contributed by atoms with Crippen molar-refractivity contribution in [1.29, 1.82) is 0 Å². The van der Waals surface area contributed by atoms with Crippen molar-refractivity contribution in [3.8, 4) is 0 Å². The minimum absolute atomic E-state index is 0.0619. The second kappa shape index (κ2) is 4.79. The summed E-state index contributed by atoms with van der Waals surface area (Å²) in [5.74, 6) is 1.71. The molecule has 92 valence electrons. The van der Waals surface area contributed by atoms with Crippen LogP contribution < -0.4 is 5.73 Å². The van der Waals surface area contributed by atoms with Crippen LogP contribution in [0.3, 0.4) is 0 Å². The number of fused-ring (bicyclic) bond motifs is 1. The average molecular weight is 233 g/mol. The Bertz CT molecular complexity index is 517. The molecular formula is C12H19N5. The molecule has 5 heteroatoms. The van der Waals surface area contributed by atoms with Crippen LogP contribution in [-0.4, -0.2) is 19.6 Å². The summed E-state index contributed by atoms with van der Waals surface area (Å²) in [5.41, 5.74) is 7.93. The van der Waals surface area contributed by atoms with Gasteiger partial charge in [0.05, 0.1) is 6.04 Å². The van der Waals surface area contributed by atoms with Crippen LogP contribution in [0.25, 0.3) is 5.65 Å². The molecule has 0 aliphatic carbocycles. The zero-order valence-corrected chi connectivity index (χ0v) is 10.6. The summed E-state index contributed by atoms with van der Waals surface area (Å²) in [4.78, 5) is 4.42. The fourth-order valence-corrected chi connectivity index (χ4v) is 2.05. The number of aryl methyl sites for hydroxylation is 2. The molecule has 17 heavy (non-hydrogen) atoms. The summed E-state index contributed by atoms with van der Waals surface area (Å²) in [6, 6.07) is 1.86. The van der Waals surface area contributed by atoms with Gasteiger partial charge < -0.3 is 5.73 Å². The van der Waals surface area contributed by atoms with Crippen molar-refractivity contribution in [2.75, 3.05) is 0 Å². The minimum Gasteiger partial charge on any atom is -0.321 e. The standard InChI is InChI=1S/C12H19N5/c1-4-5-6-10(13)12-16-15-11-7-8(2)14-9(3)17(11)12/h7,10H,4-6,13H2,1-3H3. The van der Waals surface area contributed by atoms with Crippen molar-refractivity contribution in [3.63, 3.8) is 0 Å². The van der Waals surface area contributed by atoms with E-state index >= 15 is 0 Å². The SMILES string of the molecule is CCCCC(N)c1nnc2cc(C)nc(C)n12. The third-order valence-electron chi connectivity index (χ3n) is 2.91. The number of hydrogen-bond donors (Lipinski definition) is 1. The molecule has 2 rings (SSSR count). The number of nitrogens with two attached hydrogens (primary N) is 1. The van der Waals surface area contributed by atoms with Gasteiger partial charge in [-0.05, 0) is 20.3 Å². The second-order valence-corrected chi connectivity index (χ2v) is 4.45. The van der Waals surface area contributed by atoms with Crippen LogP contribution in [0.15, 0.2) is 6.07 Å². The van der Waals surface area contributed by atoms with Gasteiger partial charge in [-0.1, -0.05) is 19.8 Å². The Balaban J connectivity index is 2.41. The Morgan fingerprint density at radius 2 is 2.12 bits per heavy atom. The van der Waals surface area contributed by atoms with Gasteiger partial charge in [-0.3, -0.25) is 4.40 Å². The topological polar surface area (TPSA) is 69.1 Å². The lowest BCUT2D eigenvalue weighted by Crippen LogP contribution is -2.15. The highest BCUT2D eigenvalue weighted by Gasteiger charge is 2.15. The normalized spacial score (nSPS) is 13.2. The highest BCUT2D eigenvalue weighted by atomic mass is 15.3. The van der Waals surface area contributed by atoms with Crippen molar-refractivity contribution in [1.82, 2.24) is 19.6 Å². The molecule has 1 unspecified atom stereocenters. The molecule has 0 radical (unpaired) electrons. The van der Waals surface area contributed by atoms with Gasteiger partial charge in [-0.25, -0.2) is 4.98 Å². The number of aromatic nitrogens is 4. The molecule has 0 aliphatic heterocycles. The van der Waals surface area contributed by atoms with Gasteiger partial charge in [0.15, 0.2) is 11.5 Å². The molecule has 2 aromatic heterocycles. The fraction of sp³-hybridized carbons (Fsp3) is 0.583. The lowest BCUT2D eigenvalue weighted by Gasteiger charge is -2.10. The van der Waals surface area contributed by atoms with E-state index in [0.717, 1.165) is 42.3 Å². The van der Waals surface area contributed by atoms with E-state index in [1.165, 1.54) is 0 Å². The Morgan fingerprint density at radius 3 is 2.82 bits per heavy atom. The predicted octanol–water partition coefficient (Wildman–Crippen LogP) is 1.93. The minimum atomic E-state index is -0.0619. The van der Waals surface area contributed by atoms with Crippen molar-refractivity contribution >= 4 is 5.65 Å². The molecule has 0 saturated heterocycles. The molecule has 0 amide bonds. The zero-order chi connectivity index (χ0) is 12.4. The molecule has 0 aromatic carbocycles. The Kier molecular flexibility index (Phi) is 3.38. The fourth-order valence-electron chi connectivity index (χ4n) is 2.05. The molecule has 0 aliphatic rings. The van der Waals surface area contributed by atoms with E-state index in [-0.39, 0.29) is 6.04 Å². The zero-order valence-electron chi connectivity index (χ0n) is 10.6. The summed E-state index contributed by atoms with van der Waals surface area (Å²) in [6.07, 6.45) is 3.18. The van der Waals surface area contributed by atoms with E-state index in [4.69, 9.17) is 5.73 Å². The molecule has 1 atom stereocenters. The first-order valence-electron chi connectivity index (χ1n) is 6.08. The summed E-state index contributed by atoms with van der Waals surface area (Å²) >= 11 is 0. The second-order valence-electron chi connectivity index (χ2n) is 4.45. The third-order valence-corrected chi connectivity index (χ3v) is 2.91. The van der Waals surface area contributed by atoms with Gasteiger partial charge in [0, 0.05) is 11.8 Å². The summed E-state index contributed by atoms with van der Waals surface area (Å²) in [7, 11) is 0. The van der Waals surface area contributed by atoms with Crippen LogP contribution in [0.5, 0.6) is 0 Å². The number of rotatable bonds is 4. The summed E-state index contributed by atoms with van der Waals surface area (Å²) in [5, 5.41) is 8.36. The molecule has 5 nitrogen and oxygen atoms in total. The highest BCUT2D eigenvalue weighted by Crippen LogP contribution is 2.17. The van der Waals surface area contributed by atoms with Gasteiger partial charge in [0.1, 0.15) is 5.82 Å². The van der Waals surface area contributed by atoms with E-state index in [9.17, 15) is 0 Å². The van der Waals surface area contributed by atoms with Crippen LogP contribution >= 0.6 is 0 Å². The first-order chi connectivity index (χ1) is 8.13.